The van der Waals surface area contributed by atoms with Gasteiger partial charge in [-0.2, -0.15) is 0 Å². The van der Waals surface area contributed by atoms with E-state index in [-0.39, 0.29) is 6.04 Å². The van der Waals surface area contributed by atoms with Gasteiger partial charge in [-0.15, -0.1) is 0 Å². The fraction of sp³-hybridized carbons (Fsp3) is 0.500. The highest BCUT2D eigenvalue weighted by Crippen LogP contribution is 2.16. The molecule has 0 bridgehead atoms. The Morgan fingerprint density at radius 3 is 3.07 bits per heavy atom. The van der Waals surface area contributed by atoms with Crippen LogP contribution in [0.1, 0.15) is 11.7 Å². The van der Waals surface area contributed by atoms with Gasteiger partial charge in [-0.05, 0) is 12.1 Å². The Morgan fingerprint density at radius 2 is 2.50 bits per heavy atom. The van der Waals surface area contributed by atoms with Crippen LogP contribution >= 0.6 is 0 Å². The first-order valence-electron chi connectivity index (χ1n) is 4.71. The Kier molecular flexibility index (Phi) is 2.96. The van der Waals surface area contributed by atoms with Crippen molar-refractivity contribution in [3.63, 3.8) is 0 Å². The van der Waals surface area contributed by atoms with Crippen molar-refractivity contribution in [2.45, 2.75) is 6.04 Å². The standard InChI is InChI=1S/C10H14N2O2/c1-13-8-2-3-9(12-6-8)10-7-14-5-4-11-10/h2-3,6,10-11H,4-5,7H2,1H3. The van der Waals surface area contributed by atoms with E-state index in [1.54, 1.807) is 13.3 Å². The Labute approximate surface area is 83.2 Å². The SMILES string of the molecule is COc1ccc(C2COCCN2)nc1. The lowest BCUT2D eigenvalue weighted by molar-refractivity contribution is 0.0756. The third-order valence-corrected chi connectivity index (χ3v) is 2.27. The molecule has 1 atom stereocenters. The summed E-state index contributed by atoms with van der Waals surface area (Å²) in [6.07, 6.45) is 1.73. The summed E-state index contributed by atoms with van der Waals surface area (Å²) in [6, 6.07) is 4.10. The predicted molar refractivity (Wildman–Crippen MR) is 52.4 cm³/mol. The highest BCUT2D eigenvalue weighted by atomic mass is 16.5. The van der Waals surface area contributed by atoms with Crippen molar-refractivity contribution in [2.24, 2.45) is 0 Å². The molecule has 0 aliphatic carbocycles. The minimum atomic E-state index is 0.217. The van der Waals surface area contributed by atoms with Gasteiger partial charge in [0.2, 0.25) is 0 Å². The second-order valence-electron chi connectivity index (χ2n) is 3.20. The summed E-state index contributed by atoms with van der Waals surface area (Å²) in [5.41, 5.74) is 1.01. The summed E-state index contributed by atoms with van der Waals surface area (Å²) in [5, 5.41) is 3.34. The van der Waals surface area contributed by atoms with Crippen LogP contribution in [0, 0.1) is 0 Å². The van der Waals surface area contributed by atoms with Crippen LogP contribution in [0.25, 0.3) is 0 Å². The van der Waals surface area contributed by atoms with Crippen molar-refractivity contribution in [1.29, 1.82) is 0 Å². The van der Waals surface area contributed by atoms with Crippen LogP contribution in [-0.2, 0) is 4.74 Å². The van der Waals surface area contributed by atoms with E-state index < -0.39 is 0 Å². The van der Waals surface area contributed by atoms with Crippen LogP contribution in [0.5, 0.6) is 5.75 Å². The van der Waals surface area contributed by atoms with Crippen molar-refractivity contribution >= 4 is 0 Å². The molecule has 1 saturated heterocycles. The topological polar surface area (TPSA) is 43.4 Å². The summed E-state index contributed by atoms with van der Waals surface area (Å²) in [5.74, 6) is 0.783. The average molecular weight is 194 g/mol. The van der Waals surface area contributed by atoms with Gasteiger partial charge in [0.25, 0.3) is 0 Å². The first-order chi connectivity index (χ1) is 6.90. The van der Waals surface area contributed by atoms with Gasteiger partial charge >= 0.3 is 0 Å². The van der Waals surface area contributed by atoms with Crippen molar-refractivity contribution < 1.29 is 9.47 Å². The Bertz CT molecular complexity index is 281. The molecule has 4 nitrogen and oxygen atoms in total. The van der Waals surface area contributed by atoms with Crippen LogP contribution in [0.15, 0.2) is 18.3 Å². The number of pyridine rings is 1. The maximum Gasteiger partial charge on any atom is 0.137 e. The molecule has 1 aromatic rings. The molecule has 1 unspecified atom stereocenters. The van der Waals surface area contributed by atoms with Crippen LogP contribution in [-0.4, -0.2) is 31.9 Å². The average Bonchev–Trinajstić information content (AvgIpc) is 2.30. The maximum atomic E-state index is 5.36. The Hall–Kier alpha value is -1.13. The molecular formula is C10H14N2O2. The molecule has 1 N–H and O–H groups in total. The number of morpholine rings is 1. The van der Waals surface area contributed by atoms with Gasteiger partial charge in [0.05, 0.1) is 38.3 Å². The first kappa shape index (κ1) is 9.43. The third-order valence-electron chi connectivity index (χ3n) is 2.27. The zero-order chi connectivity index (χ0) is 9.80. The van der Waals surface area contributed by atoms with Gasteiger partial charge in [-0.3, -0.25) is 4.98 Å². The maximum absolute atomic E-state index is 5.36. The summed E-state index contributed by atoms with van der Waals surface area (Å²) >= 11 is 0. The zero-order valence-corrected chi connectivity index (χ0v) is 8.19. The second-order valence-corrected chi connectivity index (χ2v) is 3.20. The van der Waals surface area contributed by atoms with Crippen molar-refractivity contribution in [1.82, 2.24) is 10.3 Å². The number of hydrogen-bond donors (Lipinski definition) is 1. The van der Waals surface area contributed by atoms with Gasteiger partial charge in [0, 0.05) is 6.54 Å². The minimum absolute atomic E-state index is 0.217. The summed E-state index contributed by atoms with van der Waals surface area (Å²) < 4.78 is 10.4. The number of methoxy groups -OCH3 is 1. The Morgan fingerprint density at radius 1 is 1.57 bits per heavy atom. The number of ether oxygens (including phenoxy) is 2. The summed E-state index contributed by atoms with van der Waals surface area (Å²) in [7, 11) is 1.64. The van der Waals surface area contributed by atoms with Crippen molar-refractivity contribution in [3.8, 4) is 5.75 Å². The van der Waals surface area contributed by atoms with E-state index in [1.807, 2.05) is 12.1 Å². The Balaban J connectivity index is 2.07. The molecule has 1 aromatic heterocycles. The third kappa shape index (κ3) is 2.02. The van der Waals surface area contributed by atoms with Crippen LogP contribution in [0.3, 0.4) is 0 Å². The van der Waals surface area contributed by atoms with E-state index in [4.69, 9.17) is 9.47 Å². The molecule has 1 aliphatic rings. The lowest BCUT2D eigenvalue weighted by atomic mass is 10.2. The first-order valence-corrected chi connectivity index (χ1v) is 4.71. The fourth-order valence-corrected chi connectivity index (χ4v) is 1.47. The molecule has 14 heavy (non-hydrogen) atoms. The van der Waals surface area contributed by atoms with Gasteiger partial charge < -0.3 is 14.8 Å². The number of nitrogens with zero attached hydrogens (tertiary/aromatic N) is 1. The molecule has 76 valence electrons. The van der Waals surface area contributed by atoms with E-state index in [0.717, 1.165) is 24.6 Å². The number of rotatable bonds is 2. The predicted octanol–water partition coefficient (Wildman–Crippen LogP) is 0.751. The van der Waals surface area contributed by atoms with E-state index in [1.165, 1.54) is 0 Å². The van der Waals surface area contributed by atoms with Crippen molar-refractivity contribution in [2.75, 3.05) is 26.9 Å². The zero-order valence-electron chi connectivity index (χ0n) is 8.19. The van der Waals surface area contributed by atoms with Gasteiger partial charge in [0.1, 0.15) is 5.75 Å². The smallest absolute Gasteiger partial charge is 0.137 e. The van der Waals surface area contributed by atoms with Gasteiger partial charge in [0.15, 0.2) is 0 Å². The van der Waals surface area contributed by atoms with Crippen LogP contribution in [0.4, 0.5) is 0 Å². The van der Waals surface area contributed by atoms with Crippen LogP contribution in [0.2, 0.25) is 0 Å². The number of aromatic nitrogens is 1. The molecule has 0 radical (unpaired) electrons. The summed E-state index contributed by atoms with van der Waals surface area (Å²) in [4.78, 5) is 4.31. The van der Waals surface area contributed by atoms with Crippen molar-refractivity contribution in [3.05, 3.63) is 24.0 Å². The molecule has 2 heterocycles. The number of nitrogens with one attached hydrogen (secondary N) is 1. The molecule has 0 spiro atoms. The molecule has 1 fully saturated rings. The lowest BCUT2D eigenvalue weighted by Gasteiger charge is -2.23. The molecule has 0 aromatic carbocycles. The largest absolute Gasteiger partial charge is 0.495 e. The normalized spacial score (nSPS) is 21.9. The fourth-order valence-electron chi connectivity index (χ4n) is 1.47. The minimum Gasteiger partial charge on any atom is -0.495 e. The quantitative estimate of drug-likeness (QED) is 0.754. The molecule has 2 rings (SSSR count). The van der Waals surface area contributed by atoms with Gasteiger partial charge in [-0.1, -0.05) is 0 Å². The highest BCUT2D eigenvalue weighted by Gasteiger charge is 2.15. The van der Waals surface area contributed by atoms with E-state index in [0.29, 0.717) is 6.61 Å². The molecule has 4 heteroatoms. The monoisotopic (exact) mass is 194 g/mol. The number of hydrogen-bond acceptors (Lipinski definition) is 4. The second kappa shape index (κ2) is 4.39. The van der Waals surface area contributed by atoms with E-state index in [9.17, 15) is 0 Å². The molecule has 0 saturated carbocycles. The summed E-state index contributed by atoms with van der Waals surface area (Å²) in [6.45, 7) is 2.37. The molecule has 0 amide bonds. The molecular weight excluding hydrogens is 180 g/mol. The molecule has 1 aliphatic heterocycles. The van der Waals surface area contributed by atoms with Gasteiger partial charge in [-0.25, -0.2) is 0 Å². The highest BCUT2D eigenvalue weighted by molar-refractivity contribution is 5.21. The van der Waals surface area contributed by atoms with E-state index >= 15 is 0 Å². The lowest BCUT2D eigenvalue weighted by Crippen LogP contribution is -2.34. The van der Waals surface area contributed by atoms with Crippen LogP contribution < -0.4 is 10.1 Å². The van der Waals surface area contributed by atoms with E-state index in [2.05, 4.69) is 10.3 Å².